The zero-order valence-electron chi connectivity index (χ0n) is 15.7. The van der Waals surface area contributed by atoms with E-state index < -0.39 is 0 Å². The molecule has 0 spiro atoms. The fourth-order valence-corrected chi connectivity index (χ4v) is 2.29. The molecule has 0 aromatic carbocycles. The molecule has 0 unspecified atom stereocenters. The van der Waals surface area contributed by atoms with Gasteiger partial charge in [0.1, 0.15) is 0 Å². The number of rotatable bonds is 2. The van der Waals surface area contributed by atoms with Crippen LogP contribution in [0, 0.1) is 0 Å². The molecule has 2 fully saturated rings. The zero-order valence-corrected chi connectivity index (χ0v) is 15.7. The van der Waals surface area contributed by atoms with Crippen LogP contribution in [0.5, 0.6) is 0 Å². The molecule has 0 radical (unpaired) electrons. The lowest BCUT2D eigenvalue weighted by Crippen LogP contribution is -2.41. The lowest BCUT2D eigenvalue weighted by atomic mass is 10.1. The van der Waals surface area contributed by atoms with E-state index in [0.29, 0.717) is 0 Å². The first-order chi connectivity index (χ1) is 9.61. The lowest BCUT2D eigenvalue weighted by Gasteiger charge is -2.34. The van der Waals surface area contributed by atoms with Crippen molar-refractivity contribution in [1.82, 2.24) is 9.80 Å². The van der Waals surface area contributed by atoms with Crippen LogP contribution >= 0.6 is 0 Å². The maximum Gasteiger partial charge on any atom is 0.00386 e. The van der Waals surface area contributed by atoms with Gasteiger partial charge in [-0.2, -0.15) is 0 Å². The van der Waals surface area contributed by atoms with E-state index in [1.807, 2.05) is 27.7 Å². The van der Waals surface area contributed by atoms with Crippen LogP contribution in [-0.2, 0) is 0 Å². The molecule has 0 aromatic rings. The molecule has 0 aliphatic carbocycles. The van der Waals surface area contributed by atoms with Crippen molar-refractivity contribution < 1.29 is 0 Å². The molecule has 0 bridgehead atoms. The Balaban J connectivity index is 0. The van der Waals surface area contributed by atoms with Gasteiger partial charge < -0.3 is 9.80 Å². The minimum Gasteiger partial charge on any atom is -0.301 e. The van der Waals surface area contributed by atoms with Crippen LogP contribution < -0.4 is 0 Å². The van der Waals surface area contributed by atoms with Crippen molar-refractivity contribution in [3.63, 3.8) is 0 Å². The Bertz CT molecular complexity index is 168. The van der Waals surface area contributed by atoms with Crippen molar-refractivity contribution in [1.29, 1.82) is 0 Å². The summed E-state index contributed by atoms with van der Waals surface area (Å²) in [5, 5.41) is 0. The third kappa shape index (κ3) is 10.7. The van der Waals surface area contributed by atoms with Crippen molar-refractivity contribution in [2.45, 2.75) is 93.2 Å². The third-order valence-electron chi connectivity index (χ3n) is 3.74. The molecule has 0 amide bonds. The van der Waals surface area contributed by atoms with Gasteiger partial charge in [-0.15, -0.1) is 0 Å². The normalized spacial score (nSPS) is 18.9. The molecule has 2 nitrogen and oxygen atoms in total. The van der Waals surface area contributed by atoms with Crippen molar-refractivity contribution in [3.05, 3.63) is 0 Å². The smallest absolute Gasteiger partial charge is 0.00386 e. The van der Waals surface area contributed by atoms with Crippen LogP contribution in [-0.4, -0.2) is 48.1 Å². The van der Waals surface area contributed by atoms with Gasteiger partial charge in [0.15, 0.2) is 0 Å². The Kier molecular flexibility index (Phi) is 17.0. The predicted octanol–water partition coefficient (Wildman–Crippen LogP) is 5.03. The average Bonchev–Trinajstić information content (AvgIpc) is 2.42. The summed E-state index contributed by atoms with van der Waals surface area (Å²) in [6.45, 7) is 22.4. The maximum atomic E-state index is 2.56. The summed E-state index contributed by atoms with van der Waals surface area (Å²) in [4.78, 5) is 5.03. The van der Waals surface area contributed by atoms with E-state index in [9.17, 15) is 0 Å². The molecule has 0 atom stereocenters. The first-order valence-electron chi connectivity index (χ1n) is 9.09. The molecule has 20 heavy (non-hydrogen) atoms. The highest BCUT2D eigenvalue weighted by molar-refractivity contribution is 4.71. The van der Waals surface area contributed by atoms with Crippen molar-refractivity contribution >= 4 is 0 Å². The van der Waals surface area contributed by atoms with E-state index in [4.69, 9.17) is 0 Å². The second-order valence-electron chi connectivity index (χ2n) is 5.67. The Morgan fingerprint density at radius 3 is 0.950 bits per heavy atom. The first kappa shape index (κ1) is 22.2. The van der Waals surface area contributed by atoms with E-state index in [1.54, 1.807) is 0 Å². The number of hydrogen-bond acceptors (Lipinski definition) is 2. The average molecular weight is 287 g/mol. The monoisotopic (exact) mass is 286 g/mol. The predicted molar refractivity (Wildman–Crippen MR) is 94.6 cm³/mol. The van der Waals surface area contributed by atoms with Crippen molar-refractivity contribution in [3.8, 4) is 0 Å². The Labute approximate surface area is 129 Å². The van der Waals surface area contributed by atoms with E-state index in [0.717, 1.165) is 12.1 Å². The van der Waals surface area contributed by atoms with Crippen molar-refractivity contribution in [2.75, 3.05) is 26.2 Å². The fourth-order valence-electron chi connectivity index (χ4n) is 2.29. The third-order valence-corrected chi connectivity index (χ3v) is 3.74. The van der Waals surface area contributed by atoms with Gasteiger partial charge in [0.05, 0.1) is 0 Å². The molecule has 0 N–H and O–H groups in total. The first-order valence-corrected chi connectivity index (χ1v) is 9.09. The Hall–Kier alpha value is -0.0800. The van der Waals surface area contributed by atoms with Crippen LogP contribution in [0.4, 0.5) is 0 Å². The quantitative estimate of drug-likeness (QED) is 0.702. The highest BCUT2D eigenvalue weighted by Gasteiger charge is 2.15. The summed E-state index contributed by atoms with van der Waals surface area (Å²) in [7, 11) is 0. The van der Waals surface area contributed by atoms with E-state index in [-0.39, 0.29) is 0 Å². The summed E-state index contributed by atoms with van der Waals surface area (Å²) >= 11 is 0. The summed E-state index contributed by atoms with van der Waals surface area (Å²) in [6.07, 6.45) is 5.69. The highest BCUT2D eigenvalue weighted by atomic mass is 15.2. The van der Waals surface area contributed by atoms with Gasteiger partial charge in [0, 0.05) is 12.1 Å². The minimum atomic E-state index is 0.769. The molecule has 124 valence electrons. The van der Waals surface area contributed by atoms with Crippen molar-refractivity contribution in [2.24, 2.45) is 0 Å². The standard InChI is InChI=1S/C8H17N.C6H13N.2C2H6/c1-8(2)9-6-4-3-5-7-9;1-6(2)7-4-3-5-7;2*1-2/h8H,3-7H2,1-2H3;6H,3-5H2,1-2H3;2*1-2H3. The number of nitrogens with zero attached hydrogens (tertiary/aromatic N) is 2. The summed E-state index contributed by atoms with van der Waals surface area (Å²) < 4.78 is 0. The van der Waals surface area contributed by atoms with Gasteiger partial charge in [0.2, 0.25) is 0 Å². The van der Waals surface area contributed by atoms with E-state index >= 15 is 0 Å². The molecule has 2 saturated heterocycles. The van der Waals surface area contributed by atoms with Gasteiger partial charge in [-0.25, -0.2) is 0 Å². The van der Waals surface area contributed by atoms with Gasteiger partial charge in [-0.05, 0) is 73.1 Å². The van der Waals surface area contributed by atoms with Gasteiger partial charge in [-0.1, -0.05) is 34.1 Å². The molecular weight excluding hydrogens is 244 g/mol. The Morgan fingerprint density at radius 2 is 0.800 bits per heavy atom. The molecule has 2 aliphatic rings. The molecule has 2 rings (SSSR count). The number of hydrogen-bond donors (Lipinski definition) is 0. The Morgan fingerprint density at radius 1 is 0.500 bits per heavy atom. The number of piperidine rings is 1. The summed E-state index contributed by atoms with van der Waals surface area (Å²) in [5.41, 5.74) is 0. The molecule has 0 aromatic heterocycles. The SMILES string of the molecule is CC.CC.CC(C)N1CCC1.CC(C)N1CCCCC1. The molecule has 0 saturated carbocycles. The number of likely N-dealkylation sites (tertiary alicyclic amines) is 2. The van der Waals surface area contributed by atoms with Crippen LogP contribution in [0.1, 0.15) is 81.1 Å². The second-order valence-corrected chi connectivity index (χ2v) is 5.67. The molecule has 2 aliphatic heterocycles. The zero-order chi connectivity index (χ0) is 16.0. The molecule has 2 heteroatoms. The lowest BCUT2D eigenvalue weighted by molar-refractivity contribution is 0.138. The molecular formula is C18H42N2. The van der Waals surface area contributed by atoms with Gasteiger partial charge in [-0.3, -0.25) is 0 Å². The van der Waals surface area contributed by atoms with Crippen LogP contribution in [0.25, 0.3) is 0 Å². The van der Waals surface area contributed by atoms with E-state index in [1.165, 1.54) is 51.9 Å². The highest BCUT2D eigenvalue weighted by Crippen LogP contribution is 2.10. The van der Waals surface area contributed by atoms with Crippen LogP contribution in [0.15, 0.2) is 0 Å². The minimum absolute atomic E-state index is 0.769. The van der Waals surface area contributed by atoms with Crippen LogP contribution in [0.2, 0.25) is 0 Å². The van der Waals surface area contributed by atoms with Gasteiger partial charge >= 0.3 is 0 Å². The van der Waals surface area contributed by atoms with E-state index in [2.05, 4.69) is 37.5 Å². The van der Waals surface area contributed by atoms with Crippen LogP contribution in [0.3, 0.4) is 0 Å². The maximum absolute atomic E-state index is 2.56. The summed E-state index contributed by atoms with van der Waals surface area (Å²) in [6, 6.07) is 1.55. The summed E-state index contributed by atoms with van der Waals surface area (Å²) in [5.74, 6) is 0. The largest absolute Gasteiger partial charge is 0.301 e. The molecule has 2 heterocycles. The topological polar surface area (TPSA) is 6.48 Å². The second kappa shape index (κ2) is 15.3. The van der Waals surface area contributed by atoms with Gasteiger partial charge in [0.25, 0.3) is 0 Å². The fraction of sp³-hybridized carbons (Fsp3) is 1.00.